The third-order valence-electron chi connectivity index (χ3n) is 8.29. The number of ether oxygens (including phenoxy) is 2. The zero-order valence-corrected chi connectivity index (χ0v) is 20.9. The Hall–Kier alpha value is -4.47. The average molecular weight is 503 g/mol. The minimum Gasteiger partial charge on any atom is -0.494 e. The van der Waals surface area contributed by atoms with Gasteiger partial charge in [-0.1, -0.05) is 54.6 Å². The first-order valence-electron chi connectivity index (χ1n) is 12.9. The fourth-order valence-electron chi connectivity index (χ4n) is 6.50. The van der Waals surface area contributed by atoms with Gasteiger partial charge in [0.1, 0.15) is 11.4 Å². The number of nitriles is 1. The summed E-state index contributed by atoms with van der Waals surface area (Å²) in [6, 6.07) is 27.5. The lowest BCUT2D eigenvalue weighted by molar-refractivity contribution is -0.0876. The average Bonchev–Trinajstić information content (AvgIpc) is 3.52. The third kappa shape index (κ3) is 3.09. The summed E-state index contributed by atoms with van der Waals surface area (Å²) in [4.78, 5) is 0. The predicted molar refractivity (Wildman–Crippen MR) is 145 cm³/mol. The molecule has 2 atom stereocenters. The number of fused-ring (bicyclic) bond motifs is 7. The lowest BCUT2D eigenvalue weighted by Crippen LogP contribution is -2.25. The van der Waals surface area contributed by atoms with Crippen LogP contribution in [-0.4, -0.2) is 21.4 Å². The third-order valence-corrected chi connectivity index (χ3v) is 8.29. The highest BCUT2D eigenvalue weighted by atomic mass is 16.5. The number of nitrogens with zero attached hydrogens (tertiary/aromatic N) is 2. The van der Waals surface area contributed by atoms with Crippen molar-refractivity contribution >= 4 is 21.5 Å². The number of rotatable bonds is 5. The van der Waals surface area contributed by atoms with Crippen molar-refractivity contribution in [1.29, 1.82) is 5.26 Å². The highest BCUT2D eigenvalue weighted by Gasteiger charge is 2.61. The van der Waals surface area contributed by atoms with E-state index in [0.29, 0.717) is 35.4 Å². The molecule has 1 aromatic heterocycles. The predicted octanol–water partition coefficient (Wildman–Crippen LogP) is 6.77. The van der Waals surface area contributed by atoms with Gasteiger partial charge in [-0.3, -0.25) is 4.57 Å². The number of hydrogen-bond donors (Lipinski definition) is 2. The van der Waals surface area contributed by atoms with Crippen molar-refractivity contribution in [3.05, 3.63) is 95.6 Å². The quantitative estimate of drug-likeness (QED) is 0.277. The van der Waals surface area contributed by atoms with Crippen LogP contribution in [0.3, 0.4) is 0 Å². The Kier molecular flexibility index (Phi) is 4.79. The van der Waals surface area contributed by atoms with Crippen LogP contribution in [0, 0.1) is 11.3 Å². The Labute approximate surface area is 219 Å². The van der Waals surface area contributed by atoms with Crippen LogP contribution in [0.1, 0.15) is 42.9 Å². The molecule has 1 fully saturated rings. The van der Waals surface area contributed by atoms with Crippen LogP contribution in [0.2, 0.25) is 0 Å². The molecule has 2 aliphatic rings. The van der Waals surface area contributed by atoms with Crippen LogP contribution in [0.4, 0.5) is 0 Å². The molecule has 0 unspecified atom stereocenters. The van der Waals surface area contributed by atoms with Gasteiger partial charge in [0, 0.05) is 17.2 Å². The van der Waals surface area contributed by atoms with E-state index in [4.69, 9.17) is 9.47 Å². The first-order valence-corrected chi connectivity index (χ1v) is 12.9. The van der Waals surface area contributed by atoms with Gasteiger partial charge in [-0.05, 0) is 54.8 Å². The van der Waals surface area contributed by atoms with Crippen molar-refractivity contribution in [2.75, 3.05) is 6.61 Å². The van der Waals surface area contributed by atoms with Gasteiger partial charge >= 0.3 is 0 Å². The Morgan fingerprint density at radius 1 is 0.895 bits per heavy atom. The normalized spacial score (nSPS) is 21.6. The molecule has 6 heteroatoms. The Bertz CT molecular complexity index is 1800. The summed E-state index contributed by atoms with van der Waals surface area (Å²) in [5.74, 6) is 0.737. The van der Waals surface area contributed by atoms with Crippen molar-refractivity contribution in [3.63, 3.8) is 0 Å². The van der Waals surface area contributed by atoms with Gasteiger partial charge in [0.05, 0.1) is 40.7 Å². The van der Waals surface area contributed by atoms with E-state index in [1.807, 2.05) is 61.5 Å². The van der Waals surface area contributed by atoms with E-state index in [9.17, 15) is 15.5 Å². The maximum Gasteiger partial charge on any atom is 0.205 e. The largest absolute Gasteiger partial charge is 0.494 e. The first kappa shape index (κ1) is 22.7. The van der Waals surface area contributed by atoms with E-state index in [1.165, 1.54) is 4.57 Å². The highest BCUT2D eigenvalue weighted by Crippen LogP contribution is 2.65. The molecule has 1 saturated heterocycles. The van der Waals surface area contributed by atoms with Gasteiger partial charge in [-0.15, -0.1) is 0 Å². The summed E-state index contributed by atoms with van der Waals surface area (Å²) in [7, 11) is 0. The van der Waals surface area contributed by atoms with Gasteiger partial charge in [0.15, 0.2) is 0 Å². The van der Waals surface area contributed by atoms with Crippen molar-refractivity contribution < 1.29 is 19.7 Å². The second-order valence-electron chi connectivity index (χ2n) is 10.5. The van der Waals surface area contributed by atoms with Crippen molar-refractivity contribution in [2.45, 2.75) is 37.4 Å². The van der Waals surface area contributed by atoms with E-state index in [2.05, 4.69) is 18.2 Å². The molecule has 0 spiro atoms. The summed E-state index contributed by atoms with van der Waals surface area (Å²) < 4.78 is 14.2. The molecule has 188 valence electrons. The second-order valence-corrected chi connectivity index (χ2v) is 10.5. The van der Waals surface area contributed by atoms with Gasteiger partial charge < -0.3 is 19.7 Å². The molecular weight excluding hydrogens is 476 g/mol. The van der Waals surface area contributed by atoms with Gasteiger partial charge in [0.2, 0.25) is 11.8 Å². The molecule has 2 N–H and O–H groups in total. The smallest absolute Gasteiger partial charge is 0.205 e. The monoisotopic (exact) mass is 502 g/mol. The van der Waals surface area contributed by atoms with E-state index >= 15 is 0 Å². The van der Waals surface area contributed by atoms with Gasteiger partial charge in [-0.25, -0.2) is 0 Å². The lowest BCUT2D eigenvalue weighted by atomic mass is 9.78. The van der Waals surface area contributed by atoms with Crippen molar-refractivity contribution in [2.24, 2.45) is 0 Å². The molecule has 38 heavy (non-hydrogen) atoms. The molecule has 3 heterocycles. The Balaban J connectivity index is 1.27. The van der Waals surface area contributed by atoms with Gasteiger partial charge in [-0.2, -0.15) is 5.26 Å². The molecule has 0 aliphatic carbocycles. The van der Waals surface area contributed by atoms with E-state index < -0.39 is 11.2 Å². The first-order chi connectivity index (χ1) is 18.4. The number of hydrogen-bond acceptors (Lipinski definition) is 5. The Morgan fingerprint density at radius 2 is 1.63 bits per heavy atom. The minimum absolute atomic E-state index is 0.0214. The van der Waals surface area contributed by atoms with E-state index in [1.54, 1.807) is 12.1 Å². The maximum absolute atomic E-state index is 11.6. The molecule has 7 rings (SSSR count). The molecular formula is C32H26N2O4. The zero-order valence-electron chi connectivity index (χ0n) is 20.9. The fourth-order valence-corrected chi connectivity index (χ4v) is 6.50. The number of aromatic hydroxyl groups is 2. The summed E-state index contributed by atoms with van der Waals surface area (Å²) in [6.07, 6.45) is 2.00. The Morgan fingerprint density at radius 3 is 2.45 bits per heavy atom. The van der Waals surface area contributed by atoms with E-state index in [-0.39, 0.29) is 11.8 Å². The highest BCUT2D eigenvalue weighted by molar-refractivity contribution is 5.95. The molecule has 0 amide bonds. The topological polar surface area (TPSA) is 87.6 Å². The van der Waals surface area contributed by atoms with Crippen LogP contribution < -0.4 is 4.74 Å². The molecule has 2 aliphatic heterocycles. The molecule has 4 aromatic carbocycles. The number of aromatic nitrogens is 1. The van der Waals surface area contributed by atoms with Crippen LogP contribution in [0.5, 0.6) is 17.5 Å². The van der Waals surface area contributed by atoms with Crippen molar-refractivity contribution in [3.8, 4) is 29.3 Å². The minimum atomic E-state index is -0.754. The number of benzene rings is 4. The molecule has 0 saturated carbocycles. The lowest BCUT2D eigenvalue weighted by Gasteiger charge is -2.26. The van der Waals surface area contributed by atoms with Crippen LogP contribution in [-0.2, 0) is 15.9 Å². The van der Waals surface area contributed by atoms with Crippen LogP contribution in [0.15, 0.2) is 78.9 Å². The summed E-state index contributed by atoms with van der Waals surface area (Å²) >= 11 is 0. The molecule has 6 nitrogen and oxygen atoms in total. The molecule has 0 radical (unpaired) electrons. The summed E-state index contributed by atoms with van der Waals surface area (Å²) in [5.41, 5.74) is 0.985. The molecule has 5 aromatic rings. The van der Waals surface area contributed by atoms with Crippen molar-refractivity contribution in [1.82, 2.24) is 4.57 Å². The standard InChI is InChI=1S/C32H26N2O4/c1-31-14-15-32(38-31,16-17-37-23-12-10-20-6-2-3-7-21(20)18-23)28-27(31)29(35)34(30(28)36)26-13-11-22(19-33)24-8-4-5-9-25(24)26/h2-13,18,35-36H,14-17H2,1H3/t31-,32-/m1/s1. The van der Waals surface area contributed by atoms with Crippen LogP contribution >= 0.6 is 0 Å². The zero-order chi connectivity index (χ0) is 26.1. The van der Waals surface area contributed by atoms with E-state index in [0.717, 1.165) is 40.1 Å². The van der Waals surface area contributed by atoms with Crippen LogP contribution in [0.25, 0.3) is 27.2 Å². The summed E-state index contributed by atoms with van der Waals surface area (Å²) in [6.45, 7) is 2.38. The fraction of sp³-hybridized carbons (Fsp3) is 0.219. The molecule has 2 bridgehead atoms. The SMILES string of the molecule is C[C@]12CC[C@](CCOc3ccc4ccccc4c3)(O1)c1c2c(O)n(-c2ccc(C#N)c3ccccc23)c1O. The maximum atomic E-state index is 11.6. The summed E-state index contributed by atoms with van der Waals surface area (Å²) in [5, 5.41) is 36.5. The second kappa shape index (κ2) is 8.01. The van der Waals surface area contributed by atoms with Gasteiger partial charge in [0.25, 0.3) is 0 Å².